The number of hydrogen-bond donors (Lipinski definition) is 1. The highest BCUT2D eigenvalue weighted by molar-refractivity contribution is 6.23. The molecule has 3 aromatic carbocycles. The molecule has 1 atom stereocenters. The molecule has 0 bridgehead atoms. The van der Waals surface area contributed by atoms with Gasteiger partial charge in [-0.3, -0.25) is 19.3 Å². The van der Waals surface area contributed by atoms with Gasteiger partial charge in [-0.15, -0.1) is 0 Å². The van der Waals surface area contributed by atoms with E-state index in [1.807, 2.05) is 30.3 Å². The van der Waals surface area contributed by atoms with E-state index in [0.717, 1.165) is 10.5 Å². The summed E-state index contributed by atoms with van der Waals surface area (Å²) < 4.78 is 16.5. The van der Waals surface area contributed by atoms with E-state index in [0.29, 0.717) is 11.5 Å². The van der Waals surface area contributed by atoms with E-state index in [-0.39, 0.29) is 23.2 Å². The van der Waals surface area contributed by atoms with E-state index in [1.165, 1.54) is 12.1 Å². The second kappa shape index (κ2) is 8.98. The van der Waals surface area contributed by atoms with Crippen LogP contribution in [0.15, 0.2) is 85.2 Å². The summed E-state index contributed by atoms with van der Waals surface area (Å²) in [5, 5.41) is 2.69. The van der Waals surface area contributed by atoms with Crippen LogP contribution in [-0.2, 0) is 11.2 Å². The molecule has 1 aliphatic rings. The van der Waals surface area contributed by atoms with E-state index >= 15 is 0 Å². The summed E-state index contributed by atoms with van der Waals surface area (Å²) >= 11 is 0. The van der Waals surface area contributed by atoms with Crippen molar-refractivity contribution < 1.29 is 18.8 Å². The van der Waals surface area contributed by atoms with E-state index in [4.69, 9.17) is 0 Å². The average molecular weight is 468 g/mol. The number of anilines is 1. The van der Waals surface area contributed by atoms with Crippen LogP contribution in [0.5, 0.6) is 0 Å². The number of nitrogens with zero attached hydrogens (tertiary/aromatic N) is 3. The average Bonchev–Trinajstić information content (AvgIpc) is 3.39. The Morgan fingerprint density at radius 1 is 0.971 bits per heavy atom. The maximum absolute atomic E-state index is 14.9. The van der Waals surface area contributed by atoms with E-state index in [9.17, 15) is 18.8 Å². The van der Waals surface area contributed by atoms with Gasteiger partial charge < -0.3 is 9.88 Å². The lowest BCUT2D eigenvalue weighted by atomic mass is 10.0. The van der Waals surface area contributed by atoms with Crippen LogP contribution in [0.4, 0.5) is 10.1 Å². The van der Waals surface area contributed by atoms with Crippen LogP contribution < -0.4 is 5.32 Å². The predicted octanol–water partition coefficient (Wildman–Crippen LogP) is 4.17. The number of carbonyl (C=O) groups excluding carboxylic acids is 3. The fourth-order valence-electron chi connectivity index (χ4n) is 4.27. The van der Waals surface area contributed by atoms with Crippen molar-refractivity contribution in [3.63, 3.8) is 0 Å². The van der Waals surface area contributed by atoms with Crippen molar-refractivity contribution in [1.82, 2.24) is 14.5 Å². The predicted molar refractivity (Wildman–Crippen MR) is 128 cm³/mol. The molecule has 8 heteroatoms. The van der Waals surface area contributed by atoms with Crippen molar-refractivity contribution in [3.05, 3.63) is 114 Å². The van der Waals surface area contributed by atoms with Crippen LogP contribution >= 0.6 is 0 Å². The molecule has 0 saturated carbocycles. The highest BCUT2D eigenvalue weighted by Crippen LogP contribution is 2.27. The van der Waals surface area contributed by atoms with Crippen LogP contribution in [0.25, 0.3) is 5.69 Å². The zero-order valence-corrected chi connectivity index (χ0v) is 18.8. The number of fused-ring (bicyclic) bond motifs is 1. The van der Waals surface area contributed by atoms with Crippen LogP contribution in [-0.4, -0.2) is 38.2 Å². The molecule has 1 unspecified atom stereocenters. The van der Waals surface area contributed by atoms with Crippen molar-refractivity contribution in [3.8, 4) is 5.69 Å². The summed E-state index contributed by atoms with van der Waals surface area (Å²) in [5.41, 5.74) is 1.80. The van der Waals surface area contributed by atoms with Gasteiger partial charge in [0.05, 0.1) is 16.8 Å². The molecular weight excluding hydrogens is 447 g/mol. The first-order valence-corrected chi connectivity index (χ1v) is 11.1. The fourth-order valence-corrected chi connectivity index (χ4v) is 4.27. The minimum Gasteiger partial charge on any atom is -0.324 e. The first-order valence-electron chi connectivity index (χ1n) is 11.1. The van der Waals surface area contributed by atoms with Gasteiger partial charge in [0.2, 0.25) is 5.91 Å². The molecule has 1 aliphatic heterocycles. The number of hydrogen-bond acceptors (Lipinski definition) is 4. The van der Waals surface area contributed by atoms with Crippen molar-refractivity contribution >= 4 is 23.4 Å². The van der Waals surface area contributed by atoms with Gasteiger partial charge in [-0.25, -0.2) is 9.37 Å². The zero-order valence-electron chi connectivity index (χ0n) is 18.8. The summed E-state index contributed by atoms with van der Waals surface area (Å²) in [4.78, 5) is 44.8. The molecule has 0 aliphatic carbocycles. The van der Waals surface area contributed by atoms with Gasteiger partial charge in [0, 0.05) is 24.5 Å². The van der Waals surface area contributed by atoms with Gasteiger partial charge in [0.25, 0.3) is 11.8 Å². The Balaban J connectivity index is 1.45. The van der Waals surface area contributed by atoms with Crippen LogP contribution in [0, 0.1) is 12.7 Å². The summed E-state index contributed by atoms with van der Waals surface area (Å²) in [6.07, 6.45) is 3.33. The van der Waals surface area contributed by atoms with Crippen molar-refractivity contribution in [1.29, 1.82) is 0 Å². The minimum atomic E-state index is -1.12. The number of aryl methyl sites for hydroxylation is 1. The number of carbonyl (C=O) groups is 3. The molecular formula is C27H21FN4O3. The molecule has 3 amide bonds. The van der Waals surface area contributed by atoms with Gasteiger partial charge >= 0.3 is 0 Å². The third kappa shape index (κ3) is 4.10. The highest BCUT2D eigenvalue weighted by atomic mass is 19.1. The van der Waals surface area contributed by atoms with E-state index < -0.39 is 29.6 Å². The molecule has 35 heavy (non-hydrogen) atoms. The number of rotatable bonds is 6. The molecule has 2 heterocycles. The molecule has 4 aromatic rings. The quantitative estimate of drug-likeness (QED) is 0.431. The fraction of sp³-hybridized carbons (Fsp3) is 0.111. The topological polar surface area (TPSA) is 84.3 Å². The molecule has 0 radical (unpaired) electrons. The standard InChI is InChI=1S/C27H21FN4O3/c1-17-29-13-14-31(17)23-12-11-19(16-22(23)28)30-25(33)24(15-18-7-3-2-4-8-18)32-26(34)20-9-5-6-10-21(20)27(32)35/h2-14,16,24H,15H2,1H3,(H,30,33). The summed E-state index contributed by atoms with van der Waals surface area (Å²) in [6, 6.07) is 18.8. The van der Waals surface area contributed by atoms with Crippen molar-refractivity contribution in [2.24, 2.45) is 0 Å². The third-order valence-corrected chi connectivity index (χ3v) is 6.01. The minimum absolute atomic E-state index is 0.118. The third-order valence-electron chi connectivity index (χ3n) is 6.01. The zero-order chi connectivity index (χ0) is 24.5. The molecule has 0 saturated heterocycles. The lowest BCUT2D eigenvalue weighted by Crippen LogP contribution is -2.48. The van der Waals surface area contributed by atoms with Crippen LogP contribution in [0.1, 0.15) is 32.1 Å². The van der Waals surface area contributed by atoms with Crippen LogP contribution in [0.2, 0.25) is 0 Å². The van der Waals surface area contributed by atoms with Crippen molar-refractivity contribution in [2.45, 2.75) is 19.4 Å². The molecule has 5 rings (SSSR count). The Hall–Kier alpha value is -4.59. The molecule has 0 spiro atoms. The van der Waals surface area contributed by atoms with Gasteiger partial charge in [0.15, 0.2) is 0 Å². The van der Waals surface area contributed by atoms with Gasteiger partial charge in [-0.05, 0) is 42.8 Å². The second-order valence-corrected chi connectivity index (χ2v) is 8.23. The molecule has 174 valence electrons. The van der Waals surface area contributed by atoms with Crippen LogP contribution in [0.3, 0.4) is 0 Å². The first kappa shape index (κ1) is 22.2. The monoisotopic (exact) mass is 468 g/mol. The highest BCUT2D eigenvalue weighted by Gasteiger charge is 2.42. The summed E-state index contributed by atoms with van der Waals surface area (Å²) in [7, 11) is 0. The molecule has 1 N–H and O–H groups in total. The van der Waals surface area contributed by atoms with Gasteiger partial charge in [0.1, 0.15) is 17.7 Å². The van der Waals surface area contributed by atoms with E-state index in [2.05, 4.69) is 10.3 Å². The van der Waals surface area contributed by atoms with E-state index in [1.54, 1.807) is 54.2 Å². The SMILES string of the molecule is Cc1nccn1-c1ccc(NC(=O)C(Cc2ccccc2)N2C(=O)c3ccccc3C2=O)cc1F. The maximum atomic E-state index is 14.9. The number of amides is 3. The first-order chi connectivity index (χ1) is 16.9. The maximum Gasteiger partial charge on any atom is 0.262 e. The van der Waals surface area contributed by atoms with Crippen molar-refractivity contribution in [2.75, 3.05) is 5.32 Å². The van der Waals surface area contributed by atoms with Gasteiger partial charge in [-0.1, -0.05) is 42.5 Å². The Morgan fingerprint density at radius 2 is 1.63 bits per heavy atom. The normalized spacial score (nSPS) is 13.6. The number of aromatic nitrogens is 2. The number of benzene rings is 3. The molecule has 1 aromatic heterocycles. The smallest absolute Gasteiger partial charge is 0.262 e. The largest absolute Gasteiger partial charge is 0.324 e. The number of nitrogens with one attached hydrogen (secondary N) is 1. The molecule has 7 nitrogen and oxygen atoms in total. The Labute approximate surface area is 200 Å². The summed E-state index contributed by atoms with van der Waals surface area (Å²) in [5.74, 6) is -1.58. The lowest BCUT2D eigenvalue weighted by Gasteiger charge is -2.25. The molecule has 0 fully saturated rings. The Morgan fingerprint density at radius 3 is 2.23 bits per heavy atom. The second-order valence-electron chi connectivity index (χ2n) is 8.23. The summed E-state index contributed by atoms with van der Waals surface area (Å²) in [6.45, 7) is 1.76. The Kier molecular flexibility index (Phi) is 5.70. The van der Waals surface area contributed by atoms with Gasteiger partial charge in [-0.2, -0.15) is 0 Å². The number of imide groups is 1. The number of halogens is 1. The number of imidazole rings is 1. The lowest BCUT2D eigenvalue weighted by molar-refractivity contribution is -0.119. The Bertz CT molecular complexity index is 1410.